The van der Waals surface area contributed by atoms with Crippen molar-refractivity contribution in [3.05, 3.63) is 59.1 Å². The lowest BCUT2D eigenvalue weighted by Crippen LogP contribution is -2.16. The highest BCUT2D eigenvalue weighted by atomic mass is 35.5. The fourth-order valence-corrected chi connectivity index (χ4v) is 2.14. The van der Waals surface area contributed by atoms with Gasteiger partial charge in [0.05, 0.1) is 0 Å². The molecule has 1 amide bonds. The Hall–Kier alpha value is -1.51. The van der Waals surface area contributed by atoms with Crippen LogP contribution in [-0.4, -0.2) is 5.91 Å². The van der Waals surface area contributed by atoms with E-state index in [9.17, 15) is 4.79 Å². The van der Waals surface area contributed by atoms with Crippen LogP contribution in [0.25, 0.3) is 11.1 Å². The lowest BCUT2D eigenvalue weighted by Gasteiger charge is -2.09. The summed E-state index contributed by atoms with van der Waals surface area (Å²) in [7, 11) is 0. The lowest BCUT2D eigenvalue weighted by molar-refractivity contribution is -0.117. The molecule has 0 aromatic heterocycles. The van der Waals surface area contributed by atoms with E-state index in [2.05, 4.69) is 0 Å². The van der Waals surface area contributed by atoms with E-state index in [1.807, 2.05) is 36.4 Å². The highest BCUT2D eigenvalue weighted by molar-refractivity contribution is 6.34. The molecule has 18 heavy (non-hydrogen) atoms. The van der Waals surface area contributed by atoms with Gasteiger partial charge in [-0.2, -0.15) is 0 Å². The van der Waals surface area contributed by atoms with Crippen molar-refractivity contribution in [2.45, 2.75) is 5.38 Å². The Labute approximate surface area is 115 Å². The molecule has 0 aliphatic carbocycles. The number of nitrogens with two attached hydrogens (primary N) is 1. The van der Waals surface area contributed by atoms with E-state index in [0.29, 0.717) is 10.6 Å². The van der Waals surface area contributed by atoms with Crippen molar-refractivity contribution < 1.29 is 4.79 Å². The lowest BCUT2D eigenvalue weighted by atomic mass is 10.0. The average molecular weight is 280 g/mol. The second kappa shape index (κ2) is 5.42. The molecule has 2 rings (SSSR count). The van der Waals surface area contributed by atoms with Gasteiger partial charge in [-0.3, -0.25) is 4.79 Å². The Bertz CT molecular complexity index is 569. The quantitative estimate of drug-likeness (QED) is 0.854. The highest BCUT2D eigenvalue weighted by Crippen LogP contribution is 2.31. The molecule has 1 unspecified atom stereocenters. The molecule has 0 aliphatic heterocycles. The van der Waals surface area contributed by atoms with E-state index in [-0.39, 0.29) is 0 Å². The van der Waals surface area contributed by atoms with Crippen molar-refractivity contribution >= 4 is 29.1 Å². The number of hydrogen-bond donors (Lipinski definition) is 1. The van der Waals surface area contributed by atoms with Crippen molar-refractivity contribution in [1.29, 1.82) is 0 Å². The molecule has 4 heteroatoms. The molecule has 2 N–H and O–H groups in total. The first-order valence-electron chi connectivity index (χ1n) is 5.38. The number of amides is 1. The molecule has 2 aromatic rings. The molecular formula is C14H11Cl2NO. The van der Waals surface area contributed by atoms with Crippen LogP contribution in [0.1, 0.15) is 10.9 Å². The summed E-state index contributed by atoms with van der Waals surface area (Å²) in [4.78, 5) is 11.0. The van der Waals surface area contributed by atoms with Crippen molar-refractivity contribution in [2.75, 3.05) is 0 Å². The molecular weight excluding hydrogens is 269 g/mol. The monoisotopic (exact) mass is 279 g/mol. The second-order valence-electron chi connectivity index (χ2n) is 3.87. The van der Waals surface area contributed by atoms with Gasteiger partial charge >= 0.3 is 0 Å². The van der Waals surface area contributed by atoms with Crippen LogP contribution in [-0.2, 0) is 4.79 Å². The Morgan fingerprint density at radius 2 is 1.78 bits per heavy atom. The van der Waals surface area contributed by atoms with Crippen molar-refractivity contribution in [1.82, 2.24) is 0 Å². The molecule has 0 fully saturated rings. The third-order valence-electron chi connectivity index (χ3n) is 2.62. The zero-order chi connectivity index (χ0) is 13.1. The largest absolute Gasteiger partial charge is 0.368 e. The van der Waals surface area contributed by atoms with Gasteiger partial charge in [-0.25, -0.2) is 0 Å². The molecule has 0 spiro atoms. The maximum Gasteiger partial charge on any atom is 0.240 e. The fourth-order valence-electron chi connectivity index (χ4n) is 1.71. The smallest absolute Gasteiger partial charge is 0.240 e. The van der Waals surface area contributed by atoms with Crippen LogP contribution in [0.2, 0.25) is 5.02 Å². The molecule has 2 aromatic carbocycles. The molecule has 0 radical (unpaired) electrons. The van der Waals surface area contributed by atoms with E-state index in [1.165, 1.54) is 0 Å². The highest BCUT2D eigenvalue weighted by Gasteiger charge is 2.15. The standard InChI is InChI=1S/C14H11Cl2NO/c15-12-8-10(13(16)14(17)18)6-7-11(12)9-4-2-1-3-5-9/h1-8,13H,(H2,17,18). The van der Waals surface area contributed by atoms with Gasteiger partial charge in [0.2, 0.25) is 5.91 Å². The molecule has 0 bridgehead atoms. The van der Waals surface area contributed by atoms with Crippen LogP contribution in [0.5, 0.6) is 0 Å². The number of benzene rings is 2. The maximum atomic E-state index is 11.0. The van der Waals surface area contributed by atoms with E-state index in [4.69, 9.17) is 28.9 Å². The minimum Gasteiger partial charge on any atom is -0.368 e. The van der Waals surface area contributed by atoms with Gasteiger partial charge in [0.1, 0.15) is 5.38 Å². The number of rotatable bonds is 3. The topological polar surface area (TPSA) is 43.1 Å². The Morgan fingerprint density at radius 3 is 2.33 bits per heavy atom. The van der Waals surface area contributed by atoms with Crippen LogP contribution in [0, 0.1) is 0 Å². The fraction of sp³-hybridized carbons (Fsp3) is 0.0714. The summed E-state index contributed by atoms with van der Waals surface area (Å²) < 4.78 is 0. The van der Waals surface area contributed by atoms with Gasteiger partial charge in [0, 0.05) is 10.6 Å². The summed E-state index contributed by atoms with van der Waals surface area (Å²) >= 11 is 12.1. The minimum absolute atomic E-state index is 0.547. The normalized spacial score (nSPS) is 12.1. The van der Waals surface area contributed by atoms with E-state index < -0.39 is 11.3 Å². The van der Waals surface area contributed by atoms with E-state index in [0.717, 1.165) is 11.1 Å². The molecule has 0 heterocycles. The van der Waals surface area contributed by atoms with Crippen LogP contribution in [0.3, 0.4) is 0 Å². The van der Waals surface area contributed by atoms with Crippen molar-refractivity contribution in [3.8, 4) is 11.1 Å². The van der Waals surface area contributed by atoms with Gasteiger partial charge in [-0.15, -0.1) is 11.6 Å². The summed E-state index contributed by atoms with van der Waals surface area (Å²) in [5.41, 5.74) is 7.67. The number of carbonyl (C=O) groups excluding carboxylic acids is 1. The molecule has 0 saturated heterocycles. The summed E-state index contributed by atoms with van der Waals surface area (Å²) in [6.07, 6.45) is 0. The number of hydrogen-bond acceptors (Lipinski definition) is 1. The summed E-state index contributed by atoms with van der Waals surface area (Å²) in [6.45, 7) is 0. The first-order valence-corrected chi connectivity index (χ1v) is 6.19. The minimum atomic E-state index is -0.854. The Morgan fingerprint density at radius 1 is 1.11 bits per heavy atom. The van der Waals surface area contributed by atoms with Gasteiger partial charge in [-0.1, -0.05) is 54.1 Å². The van der Waals surface area contributed by atoms with Crippen LogP contribution >= 0.6 is 23.2 Å². The van der Waals surface area contributed by atoms with Crippen molar-refractivity contribution in [2.24, 2.45) is 5.73 Å². The second-order valence-corrected chi connectivity index (χ2v) is 4.71. The zero-order valence-corrected chi connectivity index (χ0v) is 10.9. The number of alkyl halides is 1. The third-order valence-corrected chi connectivity index (χ3v) is 3.40. The number of primary amides is 1. The molecule has 0 saturated carbocycles. The number of halogens is 2. The van der Waals surface area contributed by atoms with E-state index >= 15 is 0 Å². The van der Waals surface area contributed by atoms with Gasteiger partial charge in [0.15, 0.2) is 0 Å². The van der Waals surface area contributed by atoms with Crippen LogP contribution in [0.15, 0.2) is 48.5 Å². The van der Waals surface area contributed by atoms with Crippen LogP contribution in [0.4, 0.5) is 0 Å². The van der Waals surface area contributed by atoms with Gasteiger partial charge < -0.3 is 5.73 Å². The Balaban J connectivity index is 2.40. The SMILES string of the molecule is NC(=O)C(Cl)c1ccc(-c2ccccc2)c(Cl)c1. The molecule has 92 valence electrons. The van der Waals surface area contributed by atoms with Gasteiger partial charge in [-0.05, 0) is 17.2 Å². The molecule has 0 aliphatic rings. The third kappa shape index (κ3) is 2.66. The first-order chi connectivity index (χ1) is 8.59. The zero-order valence-electron chi connectivity index (χ0n) is 9.44. The summed E-state index contributed by atoms with van der Waals surface area (Å²) in [5.74, 6) is -0.583. The Kier molecular flexibility index (Phi) is 3.90. The van der Waals surface area contributed by atoms with Crippen molar-refractivity contribution in [3.63, 3.8) is 0 Å². The maximum absolute atomic E-state index is 11.0. The molecule has 1 atom stereocenters. The van der Waals surface area contributed by atoms with Crippen LogP contribution < -0.4 is 5.73 Å². The predicted molar refractivity (Wildman–Crippen MR) is 74.7 cm³/mol. The summed E-state index contributed by atoms with van der Waals surface area (Å²) in [6, 6.07) is 15.0. The average Bonchev–Trinajstić information content (AvgIpc) is 2.38. The summed E-state index contributed by atoms with van der Waals surface area (Å²) in [5, 5.41) is -0.307. The first kappa shape index (κ1) is 12.9. The van der Waals surface area contributed by atoms with Gasteiger partial charge in [0.25, 0.3) is 0 Å². The predicted octanol–water partition coefficient (Wildman–Crippen LogP) is 3.77. The number of carbonyl (C=O) groups is 1. The van der Waals surface area contributed by atoms with E-state index in [1.54, 1.807) is 12.1 Å². The molecule has 2 nitrogen and oxygen atoms in total.